The maximum Gasteiger partial charge on any atom is 0.165 e. The SMILES string of the molecule is COc1ccc(CSc2nc(C)nc(C)c2C#N)cc1F. The molecular formula is C15H14FN3OS. The molecule has 0 bridgehead atoms. The molecule has 0 saturated carbocycles. The Morgan fingerprint density at radius 1 is 1.33 bits per heavy atom. The molecule has 1 aromatic heterocycles. The first-order valence-electron chi connectivity index (χ1n) is 6.25. The zero-order chi connectivity index (χ0) is 15.4. The van der Waals surface area contributed by atoms with E-state index in [1.807, 2.05) is 0 Å². The van der Waals surface area contributed by atoms with Crippen molar-refractivity contribution < 1.29 is 9.13 Å². The Labute approximate surface area is 127 Å². The molecular weight excluding hydrogens is 289 g/mol. The standard InChI is InChI=1S/C15H14FN3OS/c1-9-12(7-17)15(19-10(2)18-9)21-8-11-4-5-14(20-3)13(16)6-11/h4-6H,8H2,1-3H3. The second-order valence-corrected chi connectivity index (χ2v) is 5.37. The lowest BCUT2D eigenvalue weighted by Crippen LogP contribution is -1.99. The van der Waals surface area contributed by atoms with E-state index >= 15 is 0 Å². The summed E-state index contributed by atoms with van der Waals surface area (Å²) in [6.45, 7) is 3.57. The molecule has 2 aromatic rings. The van der Waals surface area contributed by atoms with Gasteiger partial charge in [-0.1, -0.05) is 6.07 Å². The molecule has 2 rings (SSSR count). The average molecular weight is 303 g/mol. The first-order chi connectivity index (χ1) is 10.0. The minimum absolute atomic E-state index is 0.218. The van der Waals surface area contributed by atoms with Gasteiger partial charge in [0.25, 0.3) is 0 Å². The number of methoxy groups -OCH3 is 1. The third kappa shape index (κ3) is 3.50. The second kappa shape index (κ2) is 6.55. The first kappa shape index (κ1) is 15.3. The first-order valence-corrected chi connectivity index (χ1v) is 7.24. The van der Waals surface area contributed by atoms with Gasteiger partial charge in [0.1, 0.15) is 22.5 Å². The Hall–Kier alpha value is -2.13. The van der Waals surface area contributed by atoms with Crippen LogP contribution in [0.15, 0.2) is 23.2 Å². The topological polar surface area (TPSA) is 58.8 Å². The molecule has 0 aliphatic rings. The summed E-state index contributed by atoms with van der Waals surface area (Å²) in [6, 6.07) is 6.93. The Morgan fingerprint density at radius 3 is 2.71 bits per heavy atom. The molecule has 4 nitrogen and oxygen atoms in total. The minimum atomic E-state index is -0.397. The molecule has 0 fully saturated rings. The molecule has 0 radical (unpaired) electrons. The summed E-state index contributed by atoms with van der Waals surface area (Å²) >= 11 is 1.39. The third-order valence-electron chi connectivity index (χ3n) is 2.87. The van der Waals surface area contributed by atoms with Gasteiger partial charge < -0.3 is 4.74 Å². The Kier molecular flexibility index (Phi) is 4.76. The summed E-state index contributed by atoms with van der Waals surface area (Å²) in [5.74, 6) is 0.960. The number of aryl methyl sites for hydroxylation is 2. The maximum atomic E-state index is 13.6. The molecule has 0 aliphatic carbocycles. The van der Waals surface area contributed by atoms with Gasteiger partial charge >= 0.3 is 0 Å². The van der Waals surface area contributed by atoms with E-state index in [0.29, 0.717) is 27.9 Å². The lowest BCUT2D eigenvalue weighted by molar-refractivity contribution is 0.386. The number of ether oxygens (including phenoxy) is 1. The normalized spacial score (nSPS) is 10.2. The molecule has 0 spiro atoms. The van der Waals surface area contributed by atoms with E-state index in [0.717, 1.165) is 5.56 Å². The monoisotopic (exact) mass is 303 g/mol. The van der Waals surface area contributed by atoms with E-state index in [2.05, 4.69) is 16.0 Å². The fourth-order valence-corrected chi connectivity index (χ4v) is 2.88. The van der Waals surface area contributed by atoms with Gasteiger partial charge in [0.2, 0.25) is 0 Å². The van der Waals surface area contributed by atoms with Gasteiger partial charge in [-0.05, 0) is 31.5 Å². The van der Waals surface area contributed by atoms with E-state index in [1.165, 1.54) is 24.9 Å². The van der Waals surface area contributed by atoms with Crippen molar-refractivity contribution in [2.45, 2.75) is 24.6 Å². The van der Waals surface area contributed by atoms with Crippen molar-refractivity contribution in [3.63, 3.8) is 0 Å². The maximum absolute atomic E-state index is 13.6. The van der Waals surface area contributed by atoms with Crippen LogP contribution in [-0.4, -0.2) is 17.1 Å². The summed E-state index contributed by atoms with van der Waals surface area (Å²) in [7, 11) is 1.43. The third-order valence-corrected chi connectivity index (χ3v) is 3.92. The van der Waals surface area contributed by atoms with Crippen molar-refractivity contribution in [1.82, 2.24) is 9.97 Å². The number of hydrogen-bond donors (Lipinski definition) is 0. The number of halogens is 1. The second-order valence-electron chi connectivity index (χ2n) is 4.41. The molecule has 0 N–H and O–H groups in total. The summed E-state index contributed by atoms with van der Waals surface area (Å²) in [5, 5.41) is 9.80. The van der Waals surface area contributed by atoms with Gasteiger partial charge in [-0.25, -0.2) is 14.4 Å². The zero-order valence-electron chi connectivity index (χ0n) is 12.0. The van der Waals surface area contributed by atoms with Crippen molar-refractivity contribution in [2.24, 2.45) is 0 Å². The van der Waals surface area contributed by atoms with Gasteiger partial charge in [0.05, 0.1) is 12.8 Å². The van der Waals surface area contributed by atoms with Crippen molar-refractivity contribution in [3.8, 4) is 11.8 Å². The largest absolute Gasteiger partial charge is 0.494 e. The number of hydrogen-bond acceptors (Lipinski definition) is 5. The number of rotatable bonds is 4. The fraction of sp³-hybridized carbons (Fsp3) is 0.267. The highest BCUT2D eigenvalue weighted by Crippen LogP contribution is 2.27. The van der Waals surface area contributed by atoms with Crippen LogP contribution in [0.2, 0.25) is 0 Å². The fourth-order valence-electron chi connectivity index (χ4n) is 1.87. The molecule has 108 valence electrons. The lowest BCUT2D eigenvalue weighted by atomic mass is 10.2. The van der Waals surface area contributed by atoms with Crippen molar-refractivity contribution in [1.29, 1.82) is 5.26 Å². The summed E-state index contributed by atoms with van der Waals surface area (Å²) < 4.78 is 18.5. The summed E-state index contributed by atoms with van der Waals surface area (Å²) in [5.41, 5.74) is 1.93. The predicted molar refractivity (Wildman–Crippen MR) is 78.7 cm³/mol. The van der Waals surface area contributed by atoms with Crippen LogP contribution in [-0.2, 0) is 5.75 Å². The number of aromatic nitrogens is 2. The van der Waals surface area contributed by atoms with E-state index in [-0.39, 0.29) is 5.75 Å². The van der Waals surface area contributed by atoms with Gasteiger partial charge in [0, 0.05) is 5.75 Å². The van der Waals surface area contributed by atoms with Gasteiger partial charge in [0.15, 0.2) is 11.6 Å². The van der Waals surface area contributed by atoms with Crippen LogP contribution < -0.4 is 4.74 Å². The number of nitrogens with zero attached hydrogens (tertiary/aromatic N) is 3. The summed E-state index contributed by atoms with van der Waals surface area (Å²) in [4.78, 5) is 8.46. The molecule has 6 heteroatoms. The quantitative estimate of drug-likeness (QED) is 0.640. The molecule has 1 aromatic carbocycles. The Balaban J connectivity index is 2.21. The van der Waals surface area contributed by atoms with Crippen LogP contribution >= 0.6 is 11.8 Å². The van der Waals surface area contributed by atoms with Gasteiger partial charge in [-0.3, -0.25) is 0 Å². The molecule has 0 atom stereocenters. The Bertz CT molecular complexity index is 713. The minimum Gasteiger partial charge on any atom is -0.494 e. The van der Waals surface area contributed by atoms with E-state index < -0.39 is 5.82 Å². The molecule has 21 heavy (non-hydrogen) atoms. The number of thioether (sulfide) groups is 1. The average Bonchev–Trinajstić information content (AvgIpc) is 2.44. The highest BCUT2D eigenvalue weighted by Gasteiger charge is 2.11. The highest BCUT2D eigenvalue weighted by molar-refractivity contribution is 7.98. The van der Waals surface area contributed by atoms with E-state index in [9.17, 15) is 9.65 Å². The number of benzene rings is 1. The summed E-state index contributed by atoms with van der Waals surface area (Å²) in [6.07, 6.45) is 0. The lowest BCUT2D eigenvalue weighted by Gasteiger charge is -2.07. The van der Waals surface area contributed by atoms with E-state index in [1.54, 1.807) is 26.0 Å². The molecule has 0 amide bonds. The van der Waals surface area contributed by atoms with Crippen molar-refractivity contribution in [2.75, 3.05) is 7.11 Å². The van der Waals surface area contributed by atoms with Crippen LogP contribution in [0.4, 0.5) is 4.39 Å². The molecule has 0 unspecified atom stereocenters. The molecule has 1 heterocycles. The number of nitriles is 1. The van der Waals surface area contributed by atoms with Crippen LogP contribution in [0.3, 0.4) is 0 Å². The highest BCUT2D eigenvalue weighted by atomic mass is 32.2. The van der Waals surface area contributed by atoms with Crippen molar-refractivity contribution in [3.05, 3.63) is 46.7 Å². The van der Waals surface area contributed by atoms with Gasteiger partial charge in [-0.15, -0.1) is 11.8 Å². The van der Waals surface area contributed by atoms with Crippen molar-refractivity contribution >= 4 is 11.8 Å². The van der Waals surface area contributed by atoms with Crippen LogP contribution in [0.25, 0.3) is 0 Å². The smallest absolute Gasteiger partial charge is 0.165 e. The Morgan fingerprint density at radius 2 is 2.10 bits per heavy atom. The van der Waals surface area contributed by atoms with E-state index in [4.69, 9.17) is 4.74 Å². The zero-order valence-corrected chi connectivity index (χ0v) is 12.8. The molecule has 0 aliphatic heterocycles. The van der Waals surface area contributed by atoms with Crippen LogP contribution in [0.5, 0.6) is 5.75 Å². The van der Waals surface area contributed by atoms with Crippen LogP contribution in [0, 0.1) is 31.0 Å². The van der Waals surface area contributed by atoms with Crippen LogP contribution in [0.1, 0.15) is 22.6 Å². The molecule has 0 saturated heterocycles. The van der Waals surface area contributed by atoms with Gasteiger partial charge in [-0.2, -0.15) is 5.26 Å². The predicted octanol–water partition coefficient (Wildman–Crippen LogP) is 3.41.